The summed E-state index contributed by atoms with van der Waals surface area (Å²) in [5.41, 5.74) is 0. The molecule has 0 aromatic rings. The first-order chi connectivity index (χ1) is 8.84. The van der Waals surface area contributed by atoms with Crippen LogP contribution in [0.5, 0.6) is 0 Å². The number of aliphatic hydroxyl groups excluding tert-OH is 2. The summed E-state index contributed by atoms with van der Waals surface area (Å²) in [4.78, 5) is 37.4. The quantitative estimate of drug-likeness (QED) is 0.211. The van der Waals surface area contributed by atoms with E-state index in [0.717, 1.165) is 0 Å². The number of aliphatic hydroxyl groups is 3. The van der Waals surface area contributed by atoms with Crippen LogP contribution in [0.3, 0.4) is 0 Å². The first-order valence-electron chi connectivity index (χ1n) is 4.97. The van der Waals surface area contributed by atoms with Gasteiger partial charge in [0, 0.05) is 0 Å². The van der Waals surface area contributed by atoms with Crippen molar-refractivity contribution in [1.29, 1.82) is 0 Å². The van der Waals surface area contributed by atoms with E-state index < -0.39 is 53.0 Å². The van der Waals surface area contributed by atoms with Gasteiger partial charge in [-0.2, -0.15) is 0 Å². The van der Waals surface area contributed by atoms with Crippen LogP contribution in [0, 0.1) is 0 Å². The largest absolute Gasteiger partial charge is 2.00 e. The SMILES string of the molecule is O=P([O-])(O)OC[C@H]1O[C@](O)(COP(=O)([O-])O)[C@@H](O)[C@@H]1O.[Zn+2]. The van der Waals surface area contributed by atoms with E-state index in [2.05, 4.69) is 13.8 Å². The normalized spacial score (nSPS) is 38.3. The molecule has 21 heavy (non-hydrogen) atoms. The molecule has 12 nitrogen and oxygen atoms in total. The summed E-state index contributed by atoms with van der Waals surface area (Å²) >= 11 is 0. The molecule has 1 saturated heterocycles. The van der Waals surface area contributed by atoms with Gasteiger partial charge in [-0.15, -0.1) is 0 Å². The summed E-state index contributed by atoms with van der Waals surface area (Å²) < 4.78 is 33.1. The second-order valence-electron chi connectivity index (χ2n) is 3.94. The number of phosphoric acid groups is 2. The minimum Gasteiger partial charge on any atom is -0.756 e. The Labute approximate surface area is 130 Å². The van der Waals surface area contributed by atoms with Crippen molar-refractivity contribution in [3.63, 3.8) is 0 Å². The van der Waals surface area contributed by atoms with Crippen molar-refractivity contribution >= 4 is 15.6 Å². The maximum atomic E-state index is 10.4. The van der Waals surface area contributed by atoms with Gasteiger partial charge in [-0.05, 0) is 0 Å². The summed E-state index contributed by atoms with van der Waals surface area (Å²) in [5.74, 6) is -2.72. The second-order valence-corrected chi connectivity index (χ2v) is 6.33. The Hall–Kier alpha value is 0.683. The fourth-order valence-electron chi connectivity index (χ4n) is 1.47. The van der Waals surface area contributed by atoms with Crippen LogP contribution in [-0.4, -0.2) is 62.4 Å². The van der Waals surface area contributed by atoms with E-state index in [-0.39, 0.29) is 19.5 Å². The number of hydrogen-bond donors (Lipinski definition) is 5. The minimum absolute atomic E-state index is 0. The van der Waals surface area contributed by atoms with E-state index in [9.17, 15) is 34.2 Å². The van der Waals surface area contributed by atoms with Crippen molar-refractivity contribution in [2.75, 3.05) is 13.2 Å². The van der Waals surface area contributed by atoms with E-state index in [1.165, 1.54) is 0 Å². The molecule has 1 heterocycles. The topological polar surface area (TPSA) is 209 Å². The van der Waals surface area contributed by atoms with Gasteiger partial charge < -0.3 is 48.7 Å². The van der Waals surface area contributed by atoms with Crippen molar-refractivity contribution in [1.82, 2.24) is 0 Å². The van der Waals surface area contributed by atoms with Crippen molar-refractivity contribution < 1.29 is 77.3 Å². The van der Waals surface area contributed by atoms with E-state index in [1.807, 2.05) is 0 Å². The zero-order chi connectivity index (χ0) is 15.8. The maximum absolute atomic E-state index is 10.4. The molecular formula is C6H12O12P2Zn. The molecule has 5 N–H and O–H groups in total. The Bertz CT molecular complexity index is 433. The van der Waals surface area contributed by atoms with Crippen LogP contribution in [0.4, 0.5) is 0 Å². The number of phosphoric ester groups is 2. The van der Waals surface area contributed by atoms with Gasteiger partial charge in [0.25, 0.3) is 15.6 Å². The van der Waals surface area contributed by atoms with Crippen LogP contribution < -0.4 is 9.79 Å². The van der Waals surface area contributed by atoms with Gasteiger partial charge in [-0.1, -0.05) is 0 Å². The molecule has 0 spiro atoms. The summed E-state index contributed by atoms with van der Waals surface area (Å²) in [6, 6.07) is 0. The Balaban J connectivity index is 0.00000400. The minimum atomic E-state index is -5.22. The molecule has 1 fully saturated rings. The van der Waals surface area contributed by atoms with Gasteiger partial charge in [-0.25, -0.2) is 0 Å². The maximum Gasteiger partial charge on any atom is 2.00 e. The van der Waals surface area contributed by atoms with Gasteiger partial charge in [-0.3, -0.25) is 9.13 Å². The van der Waals surface area contributed by atoms with Crippen molar-refractivity contribution in [2.45, 2.75) is 24.1 Å². The van der Waals surface area contributed by atoms with E-state index in [1.54, 1.807) is 0 Å². The van der Waals surface area contributed by atoms with Crippen molar-refractivity contribution in [3.8, 4) is 0 Å². The third kappa shape index (κ3) is 6.76. The third-order valence-corrected chi connectivity index (χ3v) is 3.29. The molecule has 1 aliphatic heterocycles. The number of rotatable bonds is 6. The Morgan fingerprint density at radius 1 is 1.14 bits per heavy atom. The van der Waals surface area contributed by atoms with Gasteiger partial charge in [0.05, 0.1) is 6.61 Å². The predicted molar refractivity (Wildman–Crippen MR) is 53.4 cm³/mol. The average Bonchev–Trinajstić information content (AvgIpc) is 2.48. The molecule has 0 radical (unpaired) electrons. The zero-order valence-corrected chi connectivity index (χ0v) is 15.1. The molecule has 120 valence electrons. The van der Waals surface area contributed by atoms with Gasteiger partial charge in [0.2, 0.25) is 5.79 Å². The monoisotopic (exact) mass is 402 g/mol. The van der Waals surface area contributed by atoms with Gasteiger partial charge in [0.15, 0.2) is 0 Å². The molecule has 0 aromatic carbocycles. The summed E-state index contributed by atoms with van der Waals surface area (Å²) in [7, 11) is -10.3. The molecule has 1 aliphatic rings. The van der Waals surface area contributed by atoms with Crippen LogP contribution in [0.15, 0.2) is 0 Å². The molecule has 1 rings (SSSR count). The van der Waals surface area contributed by atoms with Gasteiger partial charge in [0.1, 0.15) is 24.9 Å². The fraction of sp³-hybridized carbons (Fsp3) is 1.00. The molecule has 0 saturated carbocycles. The van der Waals surface area contributed by atoms with Crippen molar-refractivity contribution in [2.24, 2.45) is 0 Å². The standard InChI is InChI=1S/C6H14O12P2.Zn/c7-4-3(1-16-19(10,11)12)18-6(9,5(4)8)2-17-20(13,14)15;/h3-5,7-9H,1-2H2,(H2,10,11,12)(H2,13,14,15);/q;+2/p-2/t3-,4-,5+,6-;/m1./s1. The Morgan fingerprint density at radius 3 is 2.05 bits per heavy atom. The molecule has 0 aromatic heterocycles. The van der Waals surface area contributed by atoms with Crippen LogP contribution >= 0.6 is 15.6 Å². The van der Waals surface area contributed by atoms with Crippen LogP contribution in [-0.2, 0) is 42.4 Å². The molecular weight excluding hydrogens is 391 g/mol. The first kappa shape index (κ1) is 21.7. The summed E-state index contributed by atoms with van der Waals surface area (Å²) in [6.45, 7) is -2.21. The van der Waals surface area contributed by atoms with Crippen LogP contribution in [0.25, 0.3) is 0 Å². The molecule has 15 heteroatoms. The molecule has 0 bridgehead atoms. The van der Waals surface area contributed by atoms with E-state index in [0.29, 0.717) is 0 Å². The summed E-state index contributed by atoms with van der Waals surface area (Å²) in [5, 5.41) is 28.6. The average molecular weight is 403 g/mol. The predicted octanol–water partition coefficient (Wildman–Crippen LogP) is -4.25. The van der Waals surface area contributed by atoms with Crippen LogP contribution in [0.2, 0.25) is 0 Å². The third-order valence-electron chi connectivity index (χ3n) is 2.36. The smallest absolute Gasteiger partial charge is 0.756 e. The fourth-order valence-corrected chi connectivity index (χ4v) is 2.15. The summed E-state index contributed by atoms with van der Waals surface area (Å²) in [6.07, 6.45) is -5.54. The van der Waals surface area contributed by atoms with E-state index >= 15 is 0 Å². The second kappa shape index (κ2) is 7.50. The van der Waals surface area contributed by atoms with Crippen LogP contribution in [0.1, 0.15) is 0 Å². The number of hydrogen-bond acceptors (Lipinski definition) is 10. The van der Waals surface area contributed by atoms with Gasteiger partial charge >= 0.3 is 19.5 Å². The molecule has 2 unspecified atom stereocenters. The zero-order valence-electron chi connectivity index (χ0n) is 10.3. The van der Waals surface area contributed by atoms with Crippen molar-refractivity contribution in [3.05, 3.63) is 0 Å². The molecule has 6 atom stereocenters. The molecule has 0 amide bonds. The first-order valence-corrected chi connectivity index (χ1v) is 7.96. The van der Waals surface area contributed by atoms with E-state index in [4.69, 9.17) is 9.79 Å². The molecule has 0 aliphatic carbocycles. The number of ether oxygens (including phenoxy) is 1. The Morgan fingerprint density at radius 2 is 1.62 bits per heavy atom. The Kier molecular flexibility index (Phi) is 7.75.